The number of piperazine rings is 1. The van der Waals surface area contributed by atoms with Gasteiger partial charge in [0.25, 0.3) is 0 Å². The van der Waals surface area contributed by atoms with Crippen LogP contribution in [0.4, 0.5) is 18.0 Å². The van der Waals surface area contributed by atoms with Gasteiger partial charge in [-0.3, -0.25) is 24.2 Å². The lowest BCUT2D eigenvalue weighted by molar-refractivity contribution is -0.163. The van der Waals surface area contributed by atoms with E-state index in [1.807, 2.05) is 84.9 Å². The lowest BCUT2D eigenvalue weighted by Gasteiger charge is -2.52. The van der Waals surface area contributed by atoms with Gasteiger partial charge in [-0.15, -0.1) is 0 Å². The van der Waals surface area contributed by atoms with Gasteiger partial charge in [-0.2, -0.15) is 13.2 Å². The van der Waals surface area contributed by atoms with Crippen LogP contribution in [0.1, 0.15) is 46.7 Å². The van der Waals surface area contributed by atoms with Gasteiger partial charge in [-0.25, -0.2) is 4.79 Å². The van der Waals surface area contributed by atoms with E-state index >= 15 is 0 Å². The Labute approximate surface area is 335 Å². The number of hydrogen-bond acceptors (Lipinski definition) is 6. The minimum absolute atomic E-state index is 0.0384. The van der Waals surface area contributed by atoms with E-state index in [2.05, 4.69) is 22.3 Å². The second kappa shape index (κ2) is 18.1. The maximum atomic E-state index is 14.5. The van der Waals surface area contributed by atoms with Crippen LogP contribution in [-0.4, -0.2) is 101 Å². The van der Waals surface area contributed by atoms with Crippen molar-refractivity contribution in [2.45, 2.75) is 56.2 Å². The lowest BCUT2D eigenvalue weighted by Crippen LogP contribution is -2.74. The van der Waals surface area contributed by atoms with Crippen LogP contribution in [0, 0.1) is 0 Å². The number of halogens is 3. The second-order valence-corrected chi connectivity index (χ2v) is 14.8. The standard InChI is InChI=1S/C45H46F3N5O5/c46-45(47,48)36-18-10-15-34(29-36)30-49-42(55)38(21-22-40(54)51-27-25-50(26-28-51)24-23-33-13-6-2-7-14-33)52-37(20-19-32-11-4-1-5-12-32)41(43(52)56)53-39(31-58-44(53)57)35-16-8-3-9-17-35/h1-20,29,37-39,41H,21-28,30-31H2,(H,49,55)/b20-19+/t37-,38-,39-,41+/m1/s1. The molecule has 302 valence electrons. The zero-order valence-corrected chi connectivity index (χ0v) is 32.0. The van der Waals surface area contributed by atoms with Gasteiger partial charge >= 0.3 is 12.3 Å². The molecule has 0 spiro atoms. The third kappa shape index (κ3) is 9.42. The molecule has 13 heteroatoms. The van der Waals surface area contributed by atoms with Crippen LogP contribution in [0.25, 0.3) is 6.08 Å². The Morgan fingerprint density at radius 2 is 1.48 bits per heavy atom. The van der Waals surface area contributed by atoms with E-state index in [1.54, 1.807) is 11.0 Å². The van der Waals surface area contributed by atoms with Crippen LogP contribution < -0.4 is 5.32 Å². The number of likely N-dealkylation sites (tertiary alicyclic amines) is 1. The van der Waals surface area contributed by atoms with Gasteiger partial charge in [0.05, 0.1) is 17.6 Å². The lowest BCUT2D eigenvalue weighted by atomic mass is 9.87. The Hall–Kier alpha value is -5.95. The zero-order chi connectivity index (χ0) is 40.6. The maximum absolute atomic E-state index is 14.5. The van der Waals surface area contributed by atoms with E-state index in [1.165, 1.54) is 27.5 Å². The van der Waals surface area contributed by atoms with Crippen LogP contribution in [-0.2, 0) is 38.3 Å². The summed E-state index contributed by atoms with van der Waals surface area (Å²) in [5.41, 5.74) is 2.23. The molecule has 3 fully saturated rings. The van der Waals surface area contributed by atoms with E-state index in [9.17, 15) is 32.3 Å². The van der Waals surface area contributed by atoms with Gasteiger partial charge in [-0.05, 0) is 47.2 Å². The molecule has 3 heterocycles. The van der Waals surface area contributed by atoms with Crippen molar-refractivity contribution in [1.29, 1.82) is 0 Å². The molecule has 0 aromatic heterocycles. The summed E-state index contributed by atoms with van der Waals surface area (Å²) in [5, 5.41) is 2.75. The molecule has 0 aliphatic carbocycles. The van der Waals surface area contributed by atoms with Gasteiger partial charge in [0.2, 0.25) is 17.7 Å². The monoisotopic (exact) mass is 793 g/mol. The number of nitrogens with one attached hydrogen (secondary N) is 1. The third-order valence-electron chi connectivity index (χ3n) is 11.1. The van der Waals surface area contributed by atoms with Crippen molar-refractivity contribution in [2.75, 3.05) is 39.3 Å². The molecule has 7 rings (SSSR count). The van der Waals surface area contributed by atoms with Crippen molar-refractivity contribution in [3.05, 3.63) is 149 Å². The molecule has 10 nitrogen and oxygen atoms in total. The zero-order valence-electron chi connectivity index (χ0n) is 32.0. The van der Waals surface area contributed by atoms with E-state index in [0.717, 1.165) is 36.2 Å². The first-order valence-corrected chi connectivity index (χ1v) is 19.6. The quantitative estimate of drug-likeness (QED) is 0.150. The van der Waals surface area contributed by atoms with E-state index in [0.29, 0.717) is 26.2 Å². The highest BCUT2D eigenvalue weighted by Crippen LogP contribution is 2.39. The summed E-state index contributed by atoms with van der Waals surface area (Å²) < 4.78 is 46.0. The molecule has 3 aliphatic rings. The van der Waals surface area contributed by atoms with Crippen molar-refractivity contribution < 1.29 is 37.1 Å². The molecule has 0 bridgehead atoms. The molecule has 4 atom stereocenters. The number of carbonyl (C=O) groups is 4. The summed E-state index contributed by atoms with van der Waals surface area (Å²) in [6.07, 6.45) is -0.821. The number of benzene rings is 4. The molecule has 0 unspecified atom stereocenters. The first kappa shape index (κ1) is 40.3. The summed E-state index contributed by atoms with van der Waals surface area (Å²) in [6, 6.07) is 29.9. The summed E-state index contributed by atoms with van der Waals surface area (Å²) in [5.74, 6) is -1.28. The predicted molar refractivity (Wildman–Crippen MR) is 212 cm³/mol. The number of ether oxygens (including phenoxy) is 1. The number of β-lactam (4-membered cyclic amide) rings is 1. The Kier molecular flexibility index (Phi) is 12.6. The number of nitrogens with zero attached hydrogens (tertiary/aromatic N) is 4. The Morgan fingerprint density at radius 1 is 0.828 bits per heavy atom. The fourth-order valence-electron chi connectivity index (χ4n) is 7.94. The van der Waals surface area contributed by atoms with Gasteiger partial charge in [0, 0.05) is 45.7 Å². The summed E-state index contributed by atoms with van der Waals surface area (Å²) in [7, 11) is 0. The highest BCUT2D eigenvalue weighted by atomic mass is 19.4. The van der Waals surface area contributed by atoms with Crippen molar-refractivity contribution >= 4 is 29.9 Å². The number of alkyl halides is 3. The summed E-state index contributed by atoms with van der Waals surface area (Å²) >= 11 is 0. The fraction of sp³-hybridized carbons (Fsp3) is 0.333. The maximum Gasteiger partial charge on any atom is 0.416 e. The highest BCUT2D eigenvalue weighted by Gasteiger charge is 2.58. The number of cyclic esters (lactones) is 1. The van der Waals surface area contributed by atoms with Crippen LogP contribution in [0.15, 0.2) is 121 Å². The molecule has 4 aromatic rings. The van der Waals surface area contributed by atoms with Crippen molar-refractivity contribution in [3.63, 3.8) is 0 Å². The van der Waals surface area contributed by atoms with Crippen LogP contribution in [0.5, 0.6) is 0 Å². The molecule has 4 amide bonds. The Bertz CT molecular complexity index is 2080. The van der Waals surface area contributed by atoms with E-state index < -0.39 is 53.8 Å². The molecule has 0 radical (unpaired) electrons. The Morgan fingerprint density at radius 3 is 2.17 bits per heavy atom. The van der Waals surface area contributed by atoms with E-state index in [-0.39, 0.29) is 37.5 Å². The molecule has 0 saturated carbocycles. The number of hydrogen-bond donors (Lipinski definition) is 1. The summed E-state index contributed by atoms with van der Waals surface area (Å²) in [6.45, 7) is 3.11. The molecule has 3 aliphatic heterocycles. The normalized spacial score (nSPS) is 20.5. The smallest absolute Gasteiger partial charge is 0.416 e. The van der Waals surface area contributed by atoms with Crippen LogP contribution >= 0.6 is 0 Å². The molecule has 1 N–H and O–H groups in total. The average molecular weight is 794 g/mol. The van der Waals surface area contributed by atoms with Crippen molar-refractivity contribution in [2.24, 2.45) is 0 Å². The van der Waals surface area contributed by atoms with E-state index in [4.69, 9.17) is 4.74 Å². The predicted octanol–water partition coefficient (Wildman–Crippen LogP) is 6.34. The molecule has 4 aromatic carbocycles. The first-order valence-electron chi connectivity index (χ1n) is 19.6. The Balaban J connectivity index is 1.11. The summed E-state index contributed by atoms with van der Waals surface area (Å²) in [4.78, 5) is 62.6. The largest absolute Gasteiger partial charge is 0.447 e. The topological polar surface area (TPSA) is 103 Å². The first-order chi connectivity index (χ1) is 28.1. The molecular formula is C45H46F3N5O5. The van der Waals surface area contributed by atoms with Crippen LogP contribution in [0.3, 0.4) is 0 Å². The SMILES string of the molecule is O=C(NCc1cccc(C(F)(F)F)c1)[C@@H](CCC(=O)N1CCN(CCc2ccccc2)CC1)N1C(=O)[C@@H](N2C(=O)OC[C@@H]2c2ccccc2)[C@H]1/C=C/c1ccccc1. The van der Waals surface area contributed by atoms with Gasteiger partial charge in [-0.1, -0.05) is 115 Å². The van der Waals surface area contributed by atoms with Crippen molar-refractivity contribution in [3.8, 4) is 0 Å². The van der Waals surface area contributed by atoms with Gasteiger partial charge < -0.3 is 19.9 Å². The second-order valence-electron chi connectivity index (χ2n) is 14.8. The minimum Gasteiger partial charge on any atom is -0.447 e. The number of carbonyl (C=O) groups excluding carboxylic acids is 4. The average Bonchev–Trinajstić information content (AvgIpc) is 3.62. The minimum atomic E-state index is -4.57. The molecule has 58 heavy (non-hydrogen) atoms. The van der Waals surface area contributed by atoms with Crippen molar-refractivity contribution in [1.82, 2.24) is 24.9 Å². The van der Waals surface area contributed by atoms with Gasteiger partial charge in [0.1, 0.15) is 18.7 Å². The van der Waals surface area contributed by atoms with Gasteiger partial charge in [0.15, 0.2) is 0 Å². The fourth-order valence-corrected chi connectivity index (χ4v) is 7.94. The number of amides is 4. The third-order valence-corrected chi connectivity index (χ3v) is 11.1. The number of rotatable bonds is 14. The highest BCUT2D eigenvalue weighted by molar-refractivity contribution is 5.98. The molecule has 3 saturated heterocycles. The molecular weight excluding hydrogens is 748 g/mol. The van der Waals surface area contributed by atoms with Crippen LogP contribution in [0.2, 0.25) is 0 Å².